The lowest BCUT2D eigenvalue weighted by Crippen LogP contribution is -2.00. The van der Waals surface area contributed by atoms with Gasteiger partial charge in [-0.25, -0.2) is 0 Å². The SMILES string of the molecule is O=[N+]([O-])c1cc(COc2c(I)cc(I)cc2I)ccc1Cl. The van der Waals surface area contributed by atoms with Crippen molar-refractivity contribution in [2.75, 3.05) is 0 Å². The van der Waals surface area contributed by atoms with Crippen molar-refractivity contribution in [3.8, 4) is 5.75 Å². The van der Waals surface area contributed by atoms with Crippen LogP contribution in [0.15, 0.2) is 30.3 Å². The van der Waals surface area contributed by atoms with Crippen LogP contribution < -0.4 is 4.74 Å². The highest BCUT2D eigenvalue weighted by Gasteiger charge is 2.14. The molecule has 0 aliphatic rings. The summed E-state index contributed by atoms with van der Waals surface area (Å²) in [7, 11) is 0. The predicted molar refractivity (Wildman–Crippen MR) is 107 cm³/mol. The minimum atomic E-state index is -0.496. The number of ether oxygens (including phenoxy) is 1. The van der Waals surface area contributed by atoms with E-state index in [0.717, 1.165) is 16.5 Å². The van der Waals surface area contributed by atoms with Crippen LogP contribution in [0.4, 0.5) is 5.69 Å². The third kappa shape index (κ3) is 4.55. The summed E-state index contributed by atoms with van der Waals surface area (Å²) in [4.78, 5) is 10.4. The van der Waals surface area contributed by atoms with E-state index in [4.69, 9.17) is 16.3 Å². The Balaban J connectivity index is 2.21. The van der Waals surface area contributed by atoms with Gasteiger partial charge in [0.1, 0.15) is 17.4 Å². The molecular weight excluding hydrogens is 634 g/mol. The van der Waals surface area contributed by atoms with Gasteiger partial charge in [0.25, 0.3) is 5.69 Å². The van der Waals surface area contributed by atoms with E-state index < -0.39 is 4.92 Å². The minimum Gasteiger partial charge on any atom is -0.487 e. The number of benzene rings is 2. The van der Waals surface area contributed by atoms with Crippen LogP contribution in [0.5, 0.6) is 5.75 Å². The predicted octanol–water partition coefficient (Wildman–Crippen LogP) is 5.64. The summed E-state index contributed by atoms with van der Waals surface area (Å²) >= 11 is 12.5. The molecule has 0 saturated heterocycles. The van der Waals surface area contributed by atoms with Crippen molar-refractivity contribution in [3.05, 3.63) is 61.7 Å². The Hall–Kier alpha value is 0.120. The van der Waals surface area contributed by atoms with Gasteiger partial charge in [0.15, 0.2) is 0 Å². The molecule has 0 bridgehead atoms. The fourth-order valence-corrected chi connectivity index (χ4v) is 5.69. The van der Waals surface area contributed by atoms with Crippen molar-refractivity contribution in [2.45, 2.75) is 6.61 Å². The molecule has 0 fully saturated rings. The highest BCUT2D eigenvalue weighted by Crippen LogP contribution is 2.31. The maximum Gasteiger partial charge on any atom is 0.288 e. The van der Waals surface area contributed by atoms with E-state index in [0.29, 0.717) is 5.56 Å². The van der Waals surface area contributed by atoms with Crippen LogP contribution in [0.25, 0.3) is 0 Å². The summed E-state index contributed by atoms with van der Waals surface area (Å²) < 4.78 is 8.95. The molecule has 0 amide bonds. The molecule has 0 saturated carbocycles. The van der Waals surface area contributed by atoms with Gasteiger partial charge in [-0.1, -0.05) is 17.7 Å². The average molecular weight is 641 g/mol. The molecule has 110 valence electrons. The number of nitrogens with zero attached hydrogens (tertiary/aromatic N) is 1. The standard InChI is InChI=1S/C13H7ClI3NO3/c14-9-2-1-7(3-12(9)18(19)20)6-21-13-10(16)4-8(15)5-11(13)17/h1-5H,6H2. The van der Waals surface area contributed by atoms with Crippen LogP contribution in [0.3, 0.4) is 0 Å². The lowest BCUT2D eigenvalue weighted by molar-refractivity contribution is -0.384. The number of nitro benzene ring substituents is 1. The zero-order valence-corrected chi connectivity index (χ0v) is 17.5. The molecule has 2 aromatic rings. The Labute approximate surface area is 167 Å². The first kappa shape index (κ1) is 17.5. The van der Waals surface area contributed by atoms with Gasteiger partial charge in [0.2, 0.25) is 0 Å². The lowest BCUT2D eigenvalue weighted by atomic mass is 10.2. The molecule has 0 atom stereocenters. The Morgan fingerprint density at radius 3 is 2.33 bits per heavy atom. The topological polar surface area (TPSA) is 52.4 Å². The Morgan fingerprint density at radius 1 is 1.14 bits per heavy atom. The zero-order chi connectivity index (χ0) is 15.6. The van der Waals surface area contributed by atoms with Gasteiger partial charge < -0.3 is 4.74 Å². The summed E-state index contributed by atoms with van der Waals surface area (Å²) in [6, 6.07) is 8.71. The van der Waals surface area contributed by atoms with Gasteiger partial charge >= 0.3 is 0 Å². The molecule has 2 rings (SSSR count). The first-order valence-electron chi connectivity index (χ1n) is 5.58. The maximum atomic E-state index is 10.9. The van der Waals surface area contributed by atoms with E-state index in [1.54, 1.807) is 6.07 Å². The normalized spacial score (nSPS) is 10.5. The van der Waals surface area contributed by atoms with Crippen LogP contribution in [-0.2, 0) is 6.61 Å². The van der Waals surface area contributed by atoms with Gasteiger partial charge in [-0.05, 0) is 91.5 Å². The molecule has 0 aromatic heterocycles. The highest BCUT2D eigenvalue weighted by atomic mass is 127. The van der Waals surface area contributed by atoms with Gasteiger partial charge in [-0.15, -0.1) is 0 Å². The molecule has 0 radical (unpaired) electrons. The molecular formula is C13H7ClI3NO3. The Morgan fingerprint density at radius 2 is 1.76 bits per heavy atom. The van der Waals surface area contributed by atoms with Crippen LogP contribution in [0, 0.1) is 20.8 Å². The second kappa shape index (κ2) is 7.59. The first-order valence-corrected chi connectivity index (χ1v) is 9.20. The highest BCUT2D eigenvalue weighted by molar-refractivity contribution is 14.1. The third-order valence-electron chi connectivity index (χ3n) is 2.55. The minimum absolute atomic E-state index is 0.107. The molecule has 8 heteroatoms. The largest absolute Gasteiger partial charge is 0.487 e. The summed E-state index contributed by atoms with van der Waals surface area (Å²) in [6.45, 7) is 0.255. The van der Waals surface area contributed by atoms with E-state index in [1.807, 2.05) is 12.1 Å². The van der Waals surface area contributed by atoms with E-state index in [-0.39, 0.29) is 17.3 Å². The van der Waals surface area contributed by atoms with Crippen molar-refractivity contribution in [2.24, 2.45) is 0 Å². The molecule has 0 aliphatic heterocycles. The van der Waals surface area contributed by atoms with Gasteiger partial charge in [-0.3, -0.25) is 10.1 Å². The van der Waals surface area contributed by atoms with Gasteiger partial charge in [-0.2, -0.15) is 0 Å². The third-order valence-corrected chi connectivity index (χ3v) is 5.10. The van der Waals surface area contributed by atoms with Crippen LogP contribution in [0.1, 0.15) is 5.56 Å². The van der Waals surface area contributed by atoms with E-state index in [9.17, 15) is 10.1 Å². The number of halogens is 4. The molecule has 0 aliphatic carbocycles. The second-order valence-electron chi connectivity index (χ2n) is 4.03. The van der Waals surface area contributed by atoms with Gasteiger partial charge in [0.05, 0.1) is 12.1 Å². The molecule has 0 spiro atoms. The molecule has 21 heavy (non-hydrogen) atoms. The monoisotopic (exact) mass is 641 g/mol. The number of rotatable bonds is 4. The Bertz CT molecular complexity index is 686. The fraction of sp³-hybridized carbons (Fsp3) is 0.0769. The summed E-state index contributed by atoms with van der Waals surface area (Å²) in [5, 5.41) is 11.0. The Kier molecular flexibility index (Phi) is 6.32. The molecule has 2 aromatic carbocycles. The lowest BCUT2D eigenvalue weighted by Gasteiger charge is -2.11. The van der Waals surface area contributed by atoms with Crippen molar-refractivity contribution < 1.29 is 9.66 Å². The van der Waals surface area contributed by atoms with Gasteiger partial charge in [0, 0.05) is 9.64 Å². The van der Waals surface area contributed by atoms with E-state index in [2.05, 4.69) is 67.8 Å². The van der Waals surface area contributed by atoms with Crippen LogP contribution >= 0.6 is 79.4 Å². The van der Waals surface area contributed by atoms with E-state index >= 15 is 0 Å². The number of nitro groups is 1. The number of hydrogen-bond acceptors (Lipinski definition) is 3. The van der Waals surface area contributed by atoms with Crippen molar-refractivity contribution in [1.82, 2.24) is 0 Å². The zero-order valence-electron chi connectivity index (χ0n) is 10.3. The summed E-state index contributed by atoms with van der Waals surface area (Å²) in [6.07, 6.45) is 0. The second-order valence-corrected chi connectivity index (χ2v) is 8.01. The fourth-order valence-electron chi connectivity index (χ4n) is 1.61. The quantitative estimate of drug-likeness (QED) is 0.247. The summed E-state index contributed by atoms with van der Waals surface area (Å²) in [5.41, 5.74) is 0.598. The molecule has 0 unspecified atom stereocenters. The first-order chi connectivity index (χ1) is 9.88. The van der Waals surface area contributed by atoms with Crippen molar-refractivity contribution in [3.63, 3.8) is 0 Å². The van der Waals surface area contributed by atoms with E-state index in [1.165, 1.54) is 12.1 Å². The van der Waals surface area contributed by atoms with Crippen molar-refractivity contribution >= 4 is 85.1 Å². The molecule has 0 N–H and O–H groups in total. The molecule has 0 heterocycles. The molecule has 4 nitrogen and oxygen atoms in total. The van der Waals surface area contributed by atoms with Crippen molar-refractivity contribution in [1.29, 1.82) is 0 Å². The smallest absolute Gasteiger partial charge is 0.288 e. The maximum absolute atomic E-state index is 10.9. The average Bonchev–Trinajstić information content (AvgIpc) is 2.38. The van der Waals surface area contributed by atoms with Crippen LogP contribution in [0.2, 0.25) is 5.02 Å². The summed E-state index contributed by atoms with van der Waals surface area (Å²) in [5.74, 6) is 0.786. The number of hydrogen-bond donors (Lipinski definition) is 0. The van der Waals surface area contributed by atoms with Crippen LogP contribution in [-0.4, -0.2) is 4.92 Å².